The molecule has 1 aromatic carbocycles. The topological polar surface area (TPSA) is 71.5 Å². The van der Waals surface area contributed by atoms with E-state index in [0.29, 0.717) is 11.3 Å². The van der Waals surface area contributed by atoms with E-state index in [4.69, 9.17) is 4.74 Å². The lowest BCUT2D eigenvalue weighted by molar-refractivity contribution is -0.117. The second kappa shape index (κ2) is 8.79. The van der Waals surface area contributed by atoms with E-state index in [1.165, 1.54) is 12.7 Å². The normalized spacial score (nSPS) is 10.5. The number of para-hydroxylation sites is 1. The number of likely N-dealkylation sites (N-methyl/N-ethyl adjacent to an activating group) is 1. The minimum Gasteiger partial charge on any atom is -0.465 e. The standard InChI is InChI=1S/C18H21N3O3/c1-21(12-9-14-7-10-19-11-8-14)13-17(22)20-16-6-4-3-5-15(16)18(23)24-2/h3-8,10-11H,9,12-13H2,1-2H3,(H,20,22). The predicted octanol–water partition coefficient (Wildman–Crippen LogP) is 1.98. The fraction of sp³-hybridized carbons (Fsp3) is 0.278. The molecule has 0 saturated heterocycles. The van der Waals surface area contributed by atoms with Crippen molar-refractivity contribution in [3.63, 3.8) is 0 Å². The van der Waals surface area contributed by atoms with Crippen LogP contribution < -0.4 is 5.32 Å². The second-order valence-corrected chi connectivity index (χ2v) is 5.43. The van der Waals surface area contributed by atoms with Crippen LogP contribution in [-0.4, -0.2) is 49.0 Å². The molecule has 24 heavy (non-hydrogen) atoms. The SMILES string of the molecule is COC(=O)c1ccccc1NC(=O)CN(C)CCc1ccncc1. The van der Waals surface area contributed by atoms with Crippen LogP contribution in [0.4, 0.5) is 5.69 Å². The number of rotatable bonds is 7. The molecule has 0 atom stereocenters. The third kappa shape index (κ3) is 5.17. The Morgan fingerprint density at radius 3 is 2.58 bits per heavy atom. The van der Waals surface area contributed by atoms with Crippen molar-refractivity contribution in [3.05, 3.63) is 59.9 Å². The van der Waals surface area contributed by atoms with Gasteiger partial charge in [0.15, 0.2) is 0 Å². The Bertz CT molecular complexity index is 689. The zero-order chi connectivity index (χ0) is 17.4. The van der Waals surface area contributed by atoms with Crippen molar-refractivity contribution in [2.45, 2.75) is 6.42 Å². The van der Waals surface area contributed by atoms with Gasteiger partial charge in [0.25, 0.3) is 0 Å². The highest BCUT2D eigenvalue weighted by atomic mass is 16.5. The van der Waals surface area contributed by atoms with Crippen molar-refractivity contribution >= 4 is 17.6 Å². The number of pyridine rings is 1. The van der Waals surface area contributed by atoms with Gasteiger partial charge in [0.1, 0.15) is 0 Å². The number of carbonyl (C=O) groups excluding carboxylic acids is 2. The number of nitrogens with one attached hydrogen (secondary N) is 1. The minimum atomic E-state index is -0.475. The van der Waals surface area contributed by atoms with Crippen LogP contribution >= 0.6 is 0 Å². The Labute approximate surface area is 141 Å². The molecule has 2 rings (SSSR count). The quantitative estimate of drug-likeness (QED) is 0.787. The maximum atomic E-state index is 12.2. The monoisotopic (exact) mass is 327 g/mol. The summed E-state index contributed by atoms with van der Waals surface area (Å²) in [6.07, 6.45) is 4.35. The molecule has 1 heterocycles. The van der Waals surface area contributed by atoms with Crippen LogP contribution in [-0.2, 0) is 16.0 Å². The van der Waals surface area contributed by atoms with E-state index in [-0.39, 0.29) is 12.5 Å². The molecule has 2 aromatic rings. The van der Waals surface area contributed by atoms with Gasteiger partial charge in [-0.2, -0.15) is 0 Å². The van der Waals surface area contributed by atoms with Crippen LogP contribution in [0, 0.1) is 0 Å². The molecular formula is C18H21N3O3. The summed E-state index contributed by atoms with van der Waals surface area (Å²) in [6.45, 7) is 0.983. The number of ether oxygens (including phenoxy) is 1. The lowest BCUT2D eigenvalue weighted by Gasteiger charge is -2.17. The molecule has 0 aliphatic heterocycles. The Morgan fingerprint density at radius 1 is 1.17 bits per heavy atom. The first-order valence-corrected chi connectivity index (χ1v) is 7.65. The molecule has 0 bridgehead atoms. The molecule has 0 saturated carbocycles. The summed E-state index contributed by atoms with van der Waals surface area (Å²) in [7, 11) is 3.20. The van der Waals surface area contributed by atoms with E-state index < -0.39 is 5.97 Å². The Kier molecular flexibility index (Phi) is 6.45. The molecule has 0 fully saturated rings. The molecule has 6 heteroatoms. The van der Waals surface area contributed by atoms with Crippen molar-refractivity contribution in [2.24, 2.45) is 0 Å². The number of nitrogens with zero attached hydrogens (tertiary/aromatic N) is 2. The van der Waals surface area contributed by atoms with Crippen molar-refractivity contribution in [2.75, 3.05) is 32.6 Å². The van der Waals surface area contributed by atoms with E-state index in [0.717, 1.165) is 13.0 Å². The van der Waals surface area contributed by atoms with Gasteiger partial charge in [-0.15, -0.1) is 0 Å². The second-order valence-electron chi connectivity index (χ2n) is 5.43. The number of amides is 1. The number of carbonyl (C=O) groups is 2. The average Bonchev–Trinajstić information content (AvgIpc) is 2.60. The van der Waals surface area contributed by atoms with Gasteiger partial charge >= 0.3 is 5.97 Å². The highest BCUT2D eigenvalue weighted by molar-refractivity contribution is 6.01. The van der Waals surface area contributed by atoms with E-state index in [1.807, 2.05) is 24.1 Å². The fourth-order valence-corrected chi connectivity index (χ4v) is 2.26. The van der Waals surface area contributed by atoms with Crippen LogP contribution in [0.15, 0.2) is 48.8 Å². The van der Waals surface area contributed by atoms with E-state index >= 15 is 0 Å². The first kappa shape index (κ1) is 17.6. The maximum absolute atomic E-state index is 12.2. The third-order valence-electron chi connectivity index (χ3n) is 3.55. The molecule has 1 amide bonds. The first-order valence-electron chi connectivity index (χ1n) is 7.65. The van der Waals surface area contributed by atoms with E-state index in [2.05, 4.69) is 10.3 Å². The zero-order valence-electron chi connectivity index (χ0n) is 13.9. The van der Waals surface area contributed by atoms with Gasteiger partial charge in [-0.05, 0) is 43.3 Å². The Balaban J connectivity index is 1.88. The summed E-state index contributed by atoms with van der Waals surface area (Å²) in [5, 5.41) is 2.76. The van der Waals surface area contributed by atoms with Crippen molar-refractivity contribution < 1.29 is 14.3 Å². The average molecular weight is 327 g/mol. The summed E-state index contributed by atoms with van der Waals surface area (Å²) >= 11 is 0. The van der Waals surface area contributed by atoms with E-state index in [9.17, 15) is 9.59 Å². The highest BCUT2D eigenvalue weighted by Gasteiger charge is 2.14. The number of esters is 1. The van der Waals surface area contributed by atoms with Crippen molar-refractivity contribution in [1.82, 2.24) is 9.88 Å². The van der Waals surface area contributed by atoms with Gasteiger partial charge in [0.2, 0.25) is 5.91 Å². The van der Waals surface area contributed by atoms with Crippen LogP contribution in [0.5, 0.6) is 0 Å². The number of anilines is 1. The lowest BCUT2D eigenvalue weighted by Crippen LogP contribution is -2.32. The first-order chi connectivity index (χ1) is 11.6. The van der Waals surface area contributed by atoms with Gasteiger partial charge in [0.05, 0.1) is 24.9 Å². The molecule has 0 aliphatic carbocycles. The summed E-state index contributed by atoms with van der Waals surface area (Å²) in [5.74, 6) is -0.652. The highest BCUT2D eigenvalue weighted by Crippen LogP contribution is 2.15. The molecule has 0 unspecified atom stereocenters. The predicted molar refractivity (Wildman–Crippen MR) is 91.8 cm³/mol. The number of benzene rings is 1. The van der Waals surface area contributed by atoms with Crippen molar-refractivity contribution in [3.8, 4) is 0 Å². The summed E-state index contributed by atoms with van der Waals surface area (Å²) in [6, 6.07) is 10.7. The molecular weight excluding hydrogens is 306 g/mol. The van der Waals surface area contributed by atoms with Crippen LogP contribution in [0.3, 0.4) is 0 Å². The molecule has 6 nitrogen and oxygen atoms in total. The number of hydrogen-bond acceptors (Lipinski definition) is 5. The minimum absolute atomic E-state index is 0.177. The number of methoxy groups -OCH3 is 1. The molecule has 0 spiro atoms. The van der Waals surface area contributed by atoms with E-state index in [1.54, 1.807) is 36.7 Å². The molecule has 0 radical (unpaired) electrons. The largest absolute Gasteiger partial charge is 0.465 e. The summed E-state index contributed by atoms with van der Waals surface area (Å²) < 4.78 is 4.72. The molecule has 1 N–H and O–H groups in total. The summed E-state index contributed by atoms with van der Waals surface area (Å²) in [4.78, 5) is 29.8. The summed E-state index contributed by atoms with van der Waals surface area (Å²) in [5.41, 5.74) is 1.97. The van der Waals surface area contributed by atoms with Gasteiger partial charge in [0, 0.05) is 18.9 Å². The lowest BCUT2D eigenvalue weighted by atomic mass is 10.1. The number of hydrogen-bond donors (Lipinski definition) is 1. The van der Waals surface area contributed by atoms with Crippen molar-refractivity contribution in [1.29, 1.82) is 0 Å². The van der Waals surface area contributed by atoms with Crippen LogP contribution in [0.1, 0.15) is 15.9 Å². The third-order valence-corrected chi connectivity index (χ3v) is 3.55. The molecule has 1 aromatic heterocycles. The Morgan fingerprint density at radius 2 is 1.88 bits per heavy atom. The number of aromatic nitrogens is 1. The molecule has 126 valence electrons. The van der Waals surface area contributed by atoms with Gasteiger partial charge in [-0.3, -0.25) is 14.7 Å². The van der Waals surface area contributed by atoms with Gasteiger partial charge in [-0.25, -0.2) is 4.79 Å². The maximum Gasteiger partial charge on any atom is 0.339 e. The van der Waals surface area contributed by atoms with Crippen LogP contribution in [0.2, 0.25) is 0 Å². The smallest absolute Gasteiger partial charge is 0.339 e. The van der Waals surface area contributed by atoms with Gasteiger partial charge < -0.3 is 10.1 Å². The van der Waals surface area contributed by atoms with Crippen LogP contribution in [0.25, 0.3) is 0 Å². The zero-order valence-corrected chi connectivity index (χ0v) is 13.9. The fourth-order valence-electron chi connectivity index (χ4n) is 2.26. The van der Waals surface area contributed by atoms with Gasteiger partial charge in [-0.1, -0.05) is 12.1 Å². The Hall–Kier alpha value is -2.73. The molecule has 0 aliphatic rings.